The molecule has 25 heavy (non-hydrogen) atoms. The van der Waals surface area contributed by atoms with Crippen molar-refractivity contribution in [3.8, 4) is 10.6 Å². The third-order valence-electron chi connectivity index (χ3n) is 4.07. The highest BCUT2D eigenvalue weighted by Crippen LogP contribution is 2.33. The number of aryl methyl sites for hydroxylation is 1. The molecule has 2 aromatic heterocycles. The quantitative estimate of drug-likeness (QED) is 0.531. The van der Waals surface area contributed by atoms with Gasteiger partial charge < -0.3 is 9.72 Å². The molecule has 0 unspecified atom stereocenters. The van der Waals surface area contributed by atoms with Crippen molar-refractivity contribution in [2.24, 2.45) is 0 Å². The van der Waals surface area contributed by atoms with Gasteiger partial charge in [0.05, 0.1) is 12.3 Å². The molecular weight excluding hydrogens is 336 g/mol. The molecule has 0 aliphatic carbocycles. The van der Waals surface area contributed by atoms with Crippen molar-refractivity contribution >= 4 is 34.5 Å². The molecule has 0 aliphatic heterocycles. The normalized spacial score (nSPS) is 11.2. The van der Waals surface area contributed by atoms with Gasteiger partial charge in [-0.15, -0.1) is 11.3 Å². The fourth-order valence-corrected chi connectivity index (χ4v) is 3.81. The Morgan fingerprint density at radius 3 is 2.80 bits per heavy atom. The van der Waals surface area contributed by atoms with Gasteiger partial charge in [0.25, 0.3) is 0 Å². The highest BCUT2D eigenvalue weighted by molar-refractivity contribution is 7.17. The van der Waals surface area contributed by atoms with Crippen molar-refractivity contribution in [2.75, 3.05) is 6.61 Å². The van der Waals surface area contributed by atoms with Crippen LogP contribution in [0.5, 0.6) is 0 Å². The molecule has 0 fully saturated rings. The molecule has 0 saturated carbocycles. The maximum atomic E-state index is 12.0. The maximum absolute atomic E-state index is 12.0. The molecule has 1 aromatic carbocycles. The lowest BCUT2D eigenvalue weighted by Gasteiger charge is -2.01. The molecule has 0 saturated heterocycles. The van der Waals surface area contributed by atoms with Crippen LogP contribution in [0.3, 0.4) is 0 Å². The molecule has 0 bridgehead atoms. The molecule has 2 heterocycles. The van der Waals surface area contributed by atoms with Crippen molar-refractivity contribution in [1.82, 2.24) is 9.97 Å². The number of aromatic amines is 1. The van der Waals surface area contributed by atoms with Crippen LogP contribution in [0.1, 0.15) is 58.1 Å². The van der Waals surface area contributed by atoms with E-state index in [0.717, 1.165) is 33.5 Å². The van der Waals surface area contributed by atoms with E-state index in [-0.39, 0.29) is 11.9 Å². The zero-order valence-corrected chi connectivity index (χ0v) is 15.5. The molecule has 0 amide bonds. The number of carbonyl (C=O) groups excluding carboxylic acids is 2. The molecule has 0 atom stereocenters. The molecule has 3 aromatic rings. The van der Waals surface area contributed by atoms with Gasteiger partial charge in [-0.05, 0) is 38.0 Å². The molecule has 5 nitrogen and oxygen atoms in total. The topological polar surface area (TPSA) is 72.1 Å². The van der Waals surface area contributed by atoms with Gasteiger partial charge in [-0.2, -0.15) is 0 Å². The minimum atomic E-state index is -0.345. The van der Waals surface area contributed by atoms with E-state index in [0.29, 0.717) is 22.7 Å². The highest BCUT2D eigenvalue weighted by Gasteiger charge is 2.19. The Hall–Kier alpha value is -2.47. The largest absolute Gasteiger partial charge is 0.462 e. The van der Waals surface area contributed by atoms with Gasteiger partial charge in [-0.1, -0.05) is 13.8 Å². The second kappa shape index (κ2) is 6.80. The van der Waals surface area contributed by atoms with Crippen molar-refractivity contribution < 1.29 is 14.3 Å². The summed E-state index contributed by atoms with van der Waals surface area (Å²) in [4.78, 5) is 31.9. The summed E-state index contributed by atoms with van der Waals surface area (Å²) in [5, 5.41) is 1.62. The zero-order chi connectivity index (χ0) is 18.1. The SMILES string of the molecule is CCOC(=O)c1sc(-c2ccc3[nH]c(C(C)C)c(C=O)c3c2)nc1C. The summed E-state index contributed by atoms with van der Waals surface area (Å²) in [6.07, 6.45) is 0.898. The van der Waals surface area contributed by atoms with E-state index < -0.39 is 0 Å². The summed E-state index contributed by atoms with van der Waals surface area (Å²) in [5.74, 6) is -0.115. The predicted octanol–water partition coefficient (Wildman–Crippen LogP) is 4.71. The van der Waals surface area contributed by atoms with Crippen LogP contribution in [0.15, 0.2) is 18.2 Å². The van der Waals surface area contributed by atoms with Gasteiger partial charge in [0.15, 0.2) is 6.29 Å². The monoisotopic (exact) mass is 356 g/mol. The van der Waals surface area contributed by atoms with Crippen LogP contribution in [-0.4, -0.2) is 28.8 Å². The van der Waals surface area contributed by atoms with Crippen molar-refractivity contribution in [3.05, 3.63) is 40.0 Å². The number of rotatable bonds is 5. The average Bonchev–Trinajstić information content (AvgIpc) is 3.14. The summed E-state index contributed by atoms with van der Waals surface area (Å²) >= 11 is 1.31. The number of H-pyrrole nitrogens is 1. The number of ether oxygens (including phenoxy) is 1. The number of hydrogen-bond donors (Lipinski definition) is 1. The van der Waals surface area contributed by atoms with E-state index in [2.05, 4.69) is 23.8 Å². The number of fused-ring (bicyclic) bond motifs is 1. The minimum Gasteiger partial charge on any atom is -0.462 e. The van der Waals surface area contributed by atoms with Crippen molar-refractivity contribution in [1.29, 1.82) is 0 Å². The van der Waals surface area contributed by atoms with Crippen molar-refractivity contribution in [3.63, 3.8) is 0 Å². The molecule has 6 heteroatoms. The van der Waals surface area contributed by atoms with Crippen LogP contribution in [0.25, 0.3) is 21.5 Å². The number of benzene rings is 1. The Bertz CT molecular complexity index is 953. The van der Waals surface area contributed by atoms with Crippen LogP contribution < -0.4 is 0 Å². The molecule has 0 radical (unpaired) electrons. The van der Waals surface area contributed by atoms with E-state index in [1.165, 1.54) is 11.3 Å². The Balaban J connectivity index is 2.09. The second-order valence-electron chi connectivity index (χ2n) is 6.14. The molecule has 130 valence electrons. The highest BCUT2D eigenvalue weighted by atomic mass is 32.1. The van der Waals surface area contributed by atoms with Crippen LogP contribution in [-0.2, 0) is 4.74 Å². The first-order chi connectivity index (χ1) is 12.0. The van der Waals surface area contributed by atoms with E-state index in [1.807, 2.05) is 18.2 Å². The number of nitrogens with one attached hydrogen (secondary N) is 1. The number of carbonyl (C=O) groups is 2. The Labute approximate surface area is 150 Å². The van der Waals surface area contributed by atoms with Crippen molar-refractivity contribution in [2.45, 2.75) is 33.6 Å². The Morgan fingerprint density at radius 1 is 1.40 bits per heavy atom. The van der Waals surface area contributed by atoms with Crippen LogP contribution >= 0.6 is 11.3 Å². The standard InChI is InChI=1S/C19H20N2O3S/c1-5-24-19(23)17-11(4)20-18(25-17)12-6-7-15-13(8-12)14(9-22)16(21-15)10(2)3/h6-10,21H,5H2,1-4H3. The number of hydrogen-bond acceptors (Lipinski definition) is 5. The fraction of sp³-hybridized carbons (Fsp3) is 0.316. The number of aldehydes is 1. The molecule has 1 N–H and O–H groups in total. The van der Waals surface area contributed by atoms with E-state index in [1.54, 1.807) is 13.8 Å². The van der Waals surface area contributed by atoms with Gasteiger partial charge in [0.1, 0.15) is 9.88 Å². The lowest BCUT2D eigenvalue weighted by Crippen LogP contribution is -2.03. The summed E-state index contributed by atoms with van der Waals surface area (Å²) < 4.78 is 5.07. The molecular formula is C19H20N2O3S. The van der Waals surface area contributed by atoms with Gasteiger partial charge >= 0.3 is 5.97 Å². The first-order valence-corrected chi connectivity index (χ1v) is 9.03. The molecule has 0 spiro atoms. The number of esters is 1. The predicted molar refractivity (Wildman–Crippen MR) is 99.6 cm³/mol. The lowest BCUT2D eigenvalue weighted by molar-refractivity contribution is 0.0531. The first-order valence-electron chi connectivity index (χ1n) is 8.22. The van der Waals surface area contributed by atoms with E-state index in [4.69, 9.17) is 4.74 Å². The van der Waals surface area contributed by atoms with Crippen LogP contribution in [0, 0.1) is 6.92 Å². The third kappa shape index (κ3) is 3.09. The summed E-state index contributed by atoms with van der Waals surface area (Å²) in [7, 11) is 0. The average molecular weight is 356 g/mol. The first kappa shape index (κ1) is 17.4. The zero-order valence-electron chi connectivity index (χ0n) is 14.7. The van der Waals surface area contributed by atoms with Gasteiger partial charge in [0, 0.05) is 27.7 Å². The number of aromatic nitrogens is 2. The molecule has 3 rings (SSSR count). The fourth-order valence-electron chi connectivity index (χ4n) is 2.85. The van der Waals surface area contributed by atoms with Gasteiger partial charge in [-0.25, -0.2) is 9.78 Å². The van der Waals surface area contributed by atoms with Gasteiger partial charge in [-0.3, -0.25) is 4.79 Å². The second-order valence-corrected chi connectivity index (χ2v) is 7.14. The van der Waals surface area contributed by atoms with Crippen LogP contribution in [0.4, 0.5) is 0 Å². The minimum absolute atomic E-state index is 0.230. The molecule has 0 aliphatic rings. The number of nitrogens with zero attached hydrogens (tertiary/aromatic N) is 1. The summed E-state index contributed by atoms with van der Waals surface area (Å²) in [5.41, 5.74) is 4.09. The Morgan fingerprint density at radius 2 is 2.16 bits per heavy atom. The van der Waals surface area contributed by atoms with Gasteiger partial charge in [0.2, 0.25) is 0 Å². The van der Waals surface area contributed by atoms with E-state index >= 15 is 0 Å². The lowest BCUT2D eigenvalue weighted by atomic mass is 10.0. The Kier molecular flexibility index (Phi) is 4.72. The van der Waals surface area contributed by atoms with Crippen LogP contribution in [0.2, 0.25) is 0 Å². The third-order valence-corrected chi connectivity index (χ3v) is 5.26. The number of thiazole rings is 1. The smallest absolute Gasteiger partial charge is 0.350 e. The summed E-state index contributed by atoms with van der Waals surface area (Å²) in [6, 6.07) is 5.85. The van der Waals surface area contributed by atoms with E-state index in [9.17, 15) is 9.59 Å². The summed E-state index contributed by atoms with van der Waals surface area (Å²) in [6.45, 7) is 8.02. The maximum Gasteiger partial charge on any atom is 0.350 e.